The Hall–Kier alpha value is -1.25. The molecule has 0 atom stereocenters. The molecule has 0 aliphatic rings. The number of hydrogen-bond donors (Lipinski definition) is 3. The second kappa shape index (κ2) is 6.78. The second-order valence-electron chi connectivity index (χ2n) is 3.99. The molecule has 0 saturated carbocycles. The molecular formula is C11H16F2N2O3S. The fraction of sp³-hybridized carbons (Fsp3) is 0.455. The lowest BCUT2D eigenvalue weighted by Crippen LogP contribution is -2.26. The third-order valence-electron chi connectivity index (χ3n) is 2.47. The number of halogens is 2. The van der Waals surface area contributed by atoms with E-state index >= 15 is 0 Å². The number of sulfonamides is 1. The average Bonchev–Trinajstić information content (AvgIpc) is 2.33. The first-order valence-corrected chi connectivity index (χ1v) is 7.22. The summed E-state index contributed by atoms with van der Waals surface area (Å²) in [5, 5.41) is 8.56. The molecular weight excluding hydrogens is 278 g/mol. The Morgan fingerprint density at radius 3 is 2.47 bits per heavy atom. The molecule has 0 aliphatic heterocycles. The van der Waals surface area contributed by atoms with Gasteiger partial charge in [0.05, 0.1) is 5.69 Å². The zero-order valence-electron chi connectivity index (χ0n) is 10.2. The van der Waals surface area contributed by atoms with Crippen LogP contribution in [-0.4, -0.2) is 26.7 Å². The zero-order valence-corrected chi connectivity index (χ0v) is 11.0. The first-order valence-electron chi connectivity index (χ1n) is 5.73. The topological polar surface area (TPSA) is 92.4 Å². The maximum absolute atomic E-state index is 13.4. The van der Waals surface area contributed by atoms with Crippen molar-refractivity contribution in [1.82, 2.24) is 4.72 Å². The number of unbranched alkanes of at least 4 members (excludes halogenated alkanes) is 2. The number of nitrogens with two attached hydrogens (primary N) is 1. The van der Waals surface area contributed by atoms with Crippen molar-refractivity contribution in [2.75, 3.05) is 18.9 Å². The summed E-state index contributed by atoms with van der Waals surface area (Å²) in [6.07, 6.45) is 1.73. The van der Waals surface area contributed by atoms with Crippen molar-refractivity contribution in [2.45, 2.75) is 24.2 Å². The van der Waals surface area contributed by atoms with Crippen LogP contribution in [0.15, 0.2) is 17.0 Å². The molecule has 0 fully saturated rings. The van der Waals surface area contributed by atoms with Crippen LogP contribution in [0.25, 0.3) is 0 Å². The predicted molar refractivity (Wildman–Crippen MR) is 66.9 cm³/mol. The first-order chi connectivity index (χ1) is 8.88. The van der Waals surface area contributed by atoms with Gasteiger partial charge in [-0.3, -0.25) is 0 Å². The molecule has 108 valence electrons. The second-order valence-corrected chi connectivity index (χ2v) is 5.72. The summed E-state index contributed by atoms with van der Waals surface area (Å²) in [6, 6.07) is 1.19. The fourth-order valence-electron chi connectivity index (χ4n) is 1.45. The van der Waals surface area contributed by atoms with Crippen molar-refractivity contribution in [3.05, 3.63) is 23.8 Å². The van der Waals surface area contributed by atoms with Gasteiger partial charge in [0.2, 0.25) is 10.0 Å². The highest BCUT2D eigenvalue weighted by molar-refractivity contribution is 7.89. The Balaban J connectivity index is 2.75. The molecule has 0 aromatic heterocycles. The molecule has 8 heteroatoms. The normalized spacial score (nSPS) is 11.7. The van der Waals surface area contributed by atoms with E-state index in [2.05, 4.69) is 4.72 Å². The molecule has 0 radical (unpaired) electrons. The maximum Gasteiger partial charge on any atom is 0.243 e. The quantitative estimate of drug-likeness (QED) is 0.516. The highest BCUT2D eigenvalue weighted by atomic mass is 32.2. The lowest BCUT2D eigenvalue weighted by atomic mass is 10.2. The van der Waals surface area contributed by atoms with Gasteiger partial charge in [-0.2, -0.15) is 0 Å². The summed E-state index contributed by atoms with van der Waals surface area (Å²) in [5.74, 6) is -2.19. The number of nitrogens with one attached hydrogen (secondary N) is 1. The Morgan fingerprint density at radius 1 is 1.16 bits per heavy atom. The summed E-state index contributed by atoms with van der Waals surface area (Å²) in [5.41, 5.74) is 4.79. The van der Waals surface area contributed by atoms with E-state index in [-0.39, 0.29) is 13.2 Å². The molecule has 0 heterocycles. The van der Waals surface area contributed by atoms with Gasteiger partial charge in [0.25, 0.3) is 0 Å². The van der Waals surface area contributed by atoms with Gasteiger partial charge in [-0.25, -0.2) is 21.9 Å². The van der Waals surface area contributed by atoms with Crippen LogP contribution in [0.3, 0.4) is 0 Å². The lowest BCUT2D eigenvalue weighted by molar-refractivity contribution is 0.283. The smallest absolute Gasteiger partial charge is 0.243 e. The highest BCUT2D eigenvalue weighted by Gasteiger charge is 2.20. The molecule has 4 N–H and O–H groups in total. The van der Waals surface area contributed by atoms with Crippen molar-refractivity contribution in [1.29, 1.82) is 0 Å². The van der Waals surface area contributed by atoms with E-state index < -0.39 is 32.2 Å². The SMILES string of the molecule is Nc1cc(S(=O)(=O)NCCCCCO)c(F)cc1F. The van der Waals surface area contributed by atoms with Crippen LogP contribution in [0.1, 0.15) is 19.3 Å². The van der Waals surface area contributed by atoms with Crippen molar-refractivity contribution >= 4 is 15.7 Å². The summed E-state index contributed by atoms with van der Waals surface area (Å²) in [7, 11) is -4.05. The van der Waals surface area contributed by atoms with Crippen LogP contribution >= 0.6 is 0 Å². The third-order valence-corrected chi connectivity index (χ3v) is 3.94. The van der Waals surface area contributed by atoms with E-state index in [1.807, 2.05) is 0 Å². The van der Waals surface area contributed by atoms with Gasteiger partial charge in [-0.05, 0) is 25.3 Å². The molecule has 0 saturated heterocycles. The third kappa shape index (κ3) is 4.41. The summed E-state index contributed by atoms with van der Waals surface area (Å²) in [4.78, 5) is -0.673. The monoisotopic (exact) mass is 294 g/mol. The minimum atomic E-state index is -4.05. The molecule has 0 unspecified atom stereocenters. The molecule has 0 spiro atoms. The van der Waals surface area contributed by atoms with Crippen LogP contribution in [0.2, 0.25) is 0 Å². The number of aliphatic hydroxyl groups is 1. The highest BCUT2D eigenvalue weighted by Crippen LogP contribution is 2.20. The summed E-state index contributed by atoms with van der Waals surface area (Å²) >= 11 is 0. The fourth-order valence-corrected chi connectivity index (χ4v) is 2.61. The molecule has 0 amide bonds. The maximum atomic E-state index is 13.4. The van der Waals surface area contributed by atoms with Crippen molar-refractivity contribution in [3.63, 3.8) is 0 Å². The first kappa shape index (κ1) is 15.8. The zero-order chi connectivity index (χ0) is 14.5. The van der Waals surface area contributed by atoms with E-state index in [4.69, 9.17) is 10.8 Å². The van der Waals surface area contributed by atoms with Crippen LogP contribution < -0.4 is 10.5 Å². The van der Waals surface area contributed by atoms with Crippen LogP contribution in [0.4, 0.5) is 14.5 Å². The van der Waals surface area contributed by atoms with Gasteiger partial charge in [0, 0.05) is 19.2 Å². The van der Waals surface area contributed by atoms with Gasteiger partial charge in [0.1, 0.15) is 16.5 Å². The van der Waals surface area contributed by atoms with Gasteiger partial charge in [0.15, 0.2) is 0 Å². The standard InChI is InChI=1S/C11H16F2N2O3S/c12-8-6-9(13)11(7-10(8)14)19(17,18)15-4-2-1-3-5-16/h6-7,15-16H,1-5,14H2. The van der Waals surface area contributed by atoms with Gasteiger partial charge in [-0.1, -0.05) is 0 Å². The van der Waals surface area contributed by atoms with Gasteiger partial charge in [-0.15, -0.1) is 0 Å². The Bertz CT molecular complexity index is 535. The molecule has 1 rings (SSSR count). The number of hydrogen-bond acceptors (Lipinski definition) is 4. The average molecular weight is 294 g/mol. The number of benzene rings is 1. The Kier molecular flexibility index (Phi) is 5.64. The number of aliphatic hydroxyl groups excluding tert-OH is 1. The lowest BCUT2D eigenvalue weighted by Gasteiger charge is -2.08. The molecule has 5 nitrogen and oxygen atoms in total. The minimum absolute atomic E-state index is 0.0376. The van der Waals surface area contributed by atoms with Crippen molar-refractivity contribution < 1.29 is 22.3 Å². The molecule has 1 aromatic rings. The van der Waals surface area contributed by atoms with E-state index in [1.165, 1.54) is 0 Å². The summed E-state index contributed by atoms with van der Waals surface area (Å²) < 4.78 is 52.1. The molecule has 0 aliphatic carbocycles. The van der Waals surface area contributed by atoms with Gasteiger partial charge < -0.3 is 10.8 Å². The minimum Gasteiger partial charge on any atom is -0.396 e. The Morgan fingerprint density at radius 2 is 1.84 bits per heavy atom. The van der Waals surface area contributed by atoms with E-state index in [0.29, 0.717) is 25.3 Å². The largest absolute Gasteiger partial charge is 0.396 e. The van der Waals surface area contributed by atoms with Crippen molar-refractivity contribution in [3.8, 4) is 0 Å². The number of rotatable bonds is 7. The molecule has 1 aromatic carbocycles. The molecule has 19 heavy (non-hydrogen) atoms. The molecule has 0 bridgehead atoms. The summed E-state index contributed by atoms with van der Waals surface area (Å²) in [6.45, 7) is 0.148. The van der Waals surface area contributed by atoms with E-state index in [9.17, 15) is 17.2 Å². The van der Waals surface area contributed by atoms with Crippen LogP contribution in [0.5, 0.6) is 0 Å². The van der Waals surface area contributed by atoms with E-state index in [1.54, 1.807) is 0 Å². The van der Waals surface area contributed by atoms with Crippen molar-refractivity contribution in [2.24, 2.45) is 0 Å². The number of anilines is 1. The van der Waals surface area contributed by atoms with Crippen LogP contribution in [0, 0.1) is 11.6 Å². The predicted octanol–water partition coefficient (Wildman–Crippen LogP) is 0.988. The van der Waals surface area contributed by atoms with Crippen LogP contribution in [-0.2, 0) is 10.0 Å². The number of nitrogen functional groups attached to an aromatic ring is 1. The van der Waals surface area contributed by atoms with E-state index in [0.717, 1.165) is 6.07 Å². The Labute approximate surface area is 110 Å². The van der Waals surface area contributed by atoms with Gasteiger partial charge >= 0.3 is 0 Å².